The molecular formula is C12H15Cl2NO3. The first kappa shape index (κ1) is 15.1. The number of ether oxygens (including phenoxy) is 1. The topological polar surface area (TPSA) is 58.6 Å². The molecule has 100 valence electrons. The first-order chi connectivity index (χ1) is 8.40. The molecule has 0 fully saturated rings. The molecular weight excluding hydrogens is 277 g/mol. The molecule has 0 aliphatic rings. The molecule has 0 spiro atoms. The summed E-state index contributed by atoms with van der Waals surface area (Å²) in [7, 11) is 0. The molecule has 4 nitrogen and oxygen atoms in total. The Labute approximate surface area is 116 Å². The fourth-order valence-corrected chi connectivity index (χ4v) is 1.66. The van der Waals surface area contributed by atoms with Crippen molar-refractivity contribution in [2.24, 2.45) is 0 Å². The Hall–Kier alpha value is -0.970. The smallest absolute Gasteiger partial charge is 0.260 e. The van der Waals surface area contributed by atoms with Crippen LogP contribution in [0.25, 0.3) is 0 Å². The number of carbonyl (C=O) groups is 1. The van der Waals surface area contributed by atoms with Crippen molar-refractivity contribution in [1.82, 2.24) is 5.32 Å². The van der Waals surface area contributed by atoms with Gasteiger partial charge in [0, 0.05) is 11.6 Å². The summed E-state index contributed by atoms with van der Waals surface area (Å²) in [6.07, 6.45) is -1.30. The Morgan fingerprint density at radius 2 is 2.11 bits per heavy atom. The Morgan fingerprint density at radius 1 is 1.44 bits per heavy atom. The molecule has 0 aromatic heterocycles. The van der Waals surface area contributed by atoms with Gasteiger partial charge in [0.25, 0.3) is 5.91 Å². The van der Waals surface area contributed by atoms with Crippen molar-refractivity contribution in [2.75, 3.05) is 6.54 Å². The Bertz CT molecular complexity index is 424. The summed E-state index contributed by atoms with van der Waals surface area (Å²) in [5.74, 6) is 0.0719. The van der Waals surface area contributed by atoms with Gasteiger partial charge in [-0.3, -0.25) is 4.79 Å². The minimum atomic E-state index is -0.706. The maximum absolute atomic E-state index is 11.6. The average molecular weight is 292 g/mol. The van der Waals surface area contributed by atoms with Gasteiger partial charge in [0.15, 0.2) is 6.10 Å². The SMILES string of the molecule is C[C@H](Oc1ccc(Cl)cc1Cl)C(=O)NC[C@@H](C)O. The number of hydrogen-bond donors (Lipinski definition) is 2. The maximum atomic E-state index is 11.6. The molecule has 0 radical (unpaired) electrons. The van der Waals surface area contributed by atoms with Crippen LogP contribution < -0.4 is 10.1 Å². The third kappa shape index (κ3) is 4.72. The number of rotatable bonds is 5. The van der Waals surface area contributed by atoms with Crippen LogP contribution in [-0.2, 0) is 4.79 Å². The van der Waals surface area contributed by atoms with Crippen LogP contribution in [0.1, 0.15) is 13.8 Å². The van der Waals surface area contributed by atoms with Crippen LogP contribution in [0.3, 0.4) is 0 Å². The Kier molecular flexibility index (Phi) is 5.72. The van der Waals surface area contributed by atoms with Crippen LogP contribution in [0.4, 0.5) is 0 Å². The normalized spacial score (nSPS) is 13.8. The number of hydrogen-bond acceptors (Lipinski definition) is 3. The molecule has 0 bridgehead atoms. The second kappa shape index (κ2) is 6.83. The minimum Gasteiger partial charge on any atom is -0.479 e. The zero-order valence-corrected chi connectivity index (χ0v) is 11.6. The Balaban J connectivity index is 2.58. The van der Waals surface area contributed by atoms with E-state index in [9.17, 15) is 4.79 Å². The molecule has 0 saturated heterocycles. The van der Waals surface area contributed by atoms with E-state index in [0.717, 1.165) is 0 Å². The largest absolute Gasteiger partial charge is 0.479 e. The molecule has 1 aromatic rings. The second-order valence-electron chi connectivity index (χ2n) is 3.93. The lowest BCUT2D eigenvalue weighted by atomic mass is 10.3. The van der Waals surface area contributed by atoms with Crippen molar-refractivity contribution in [2.45, 2.75) is 26.1 Å². The molecule has 0 aliphatic carbocycles. The van der Waals surface area contributed by atoms with Crippen molar-refractivity contribution >= 4 is 29.1 Å². The highest BCUT2D eigenvalue weighted by Crippen LogP contribution is 2.28. The van der Waals surface area contributed by atoms with Crippen molar-refractivity contribution in [3.8, 4) is 5.75 Å². The third-order valence-electron chi connectivity index (χ3n) is 2.14. The van der Waals surface area contributed by atoms with Gasteiger partial charge in [-0.05, 0) is 32.0 Å². The maximum Gasteiger partial charge on any atom is 0.260 e. The van der Waals surface area contributed by atoms with Gasteiger partial charge in [-0.2, -0.15) is 0 Å². The number of nitrogens with one attached hydrogen (secondary N) is 1. The molecule has 1 rings (SSSR count). The molecule has 1 amide bonds. The van der Waals surface area contributed by atoms with E-state index in [2.05, 4.69) is 5.32 Å². The summed E-state index contributed by atoms with van der Waals surface area (Å²) in [5.41, 5.74) is 0. The first-order valence-electron chi connectivity index (χ1n) is 5.47. The number of aliphatic hydroxyl groups is 1. The van der Waals surface area contributed by atoms with Gasteiger partial charge >= 0.3 is 0 Å². The Morgan fingerprint density at radius 3 is 2.67 bits per heavy atom. The molecule has 2 N–H and O–H groups in total. The number of halogens is 2. The van der Waals surface area contributed by atoms with Crippen molar-refractivity contribution in [1.29, 1.82) is 0 Å². The monoisotopic (exact) mass is 291 g/mol. The lowest BCUT2D eigenvalue weighted by Crippen LogP contribution is -2.39. The number of amides is 1. The highest BCUT2D eigenvalue weighted by Gasteiger charge is 2.16. The highest BCUT2D eigenvalue weighted by molar-refractivity contribution is 6.35. The standard InChI is InChI=1S/C12H15Cl2NO3/c1-7(16)6-15-12(17)8(2)18-11-4-3-9(13)5-10(11)14/h3-5,7-8,16H,6H2,1-2H3,(H,15,17)/t7-,8+/m1/s1. The van der Waals surface area contributed by atoms with E-state index >= 15 is 0 Å². The quantitative estimate of drug-likeness (QED) is 0.875. The summed E-state index contributed by atoms with van der Waals surface area (Å²) in [5, 5.41) is 12.4. The van der Waals surface area contributed by atoms with Crippen LogP contribution in [0.2, 0.25) is 10.0 Å². The van der Waals surface area contributed by atoms with Gasteiger partial charge in [0.1, 0.15) is 5.75 Å². The molecule has 0 heterocycles. The third-order valence-corrected chi connectivity index (χ3v) is 2.67. The van der Waals surface area contributed by atoms with Crippen molar-refractivity contribution < 1.29 is 14.6 Å². The summed E-state index contributed by atoms with van der Waals surface area (Å²) >= 11 is 11.7. The summed E-state index contributed by atoms with van der Waals surface area (Å²) in [4.78, 5) is 11.6. The molecule has 18 heavy (non-hydrogen) atoms. The van der Waals surface area contributed by atoms with Gasteiger partial charge in [-0.1, -0.05) is 23.2 Å². The van der Waals surface area contributed by atoms with Crippen LogP contribution in [-0.4, -0.2) is 29.8 Å². The molecule has 0 unspecified atom stereocenters. The van der Waals surface area contributed by atoms with E-state index in [1.807, 2.05) is 0 Å². The zero-order valence-electron chi connectivity index (χ0n) is 10.1. The first-order valence-corrected chi connectivity index (χ1v) is 6.23. The fourth-order valence-electron chi connectivity index (χ4n) is 1.21. The van der Waals surface area contributed by atoms with E-state index in [4.69, 9.17) is 33.0 Å². The van der Waals surface area contributed by atoms with E-state index in [1.165, 1.54) is 0 Å². The predicted octanol–water partition coefficient (Wildman–Crippen LogP) is 2.26. The molecule has 1 aromatic carbocycles. The van der Waals surface area contributed by atoms with Gasteiger partial charge in [0.05, 0.1) is 11.1 Å². The predicted molar refractivity (Wildman–Crippen MR) is 71.2 cm³/mol. The van der Waals surface area contributed by atoms with Crippen LogP contribution in [0.15, 0.2) is 18.2 Å². The minimum absolute atomic E-state index is 0.181. The van der Waals surface area contributed by atoms with Crippen molar-refractivity contribution in [3.05, 3.63) is 28.2 Å². The lowest BCUT2D eigenvalue weighted by Gasteiger charge is -2.16. The summed E-state index contributed by atoms with van der Waals surface area (Å²) < 4.78 is 5.41. The molecule has 0 saturated carbocycles. The van der Waals surface area contributed by atoms with E-state index in [1.54, 1.807) is 32.0 Å². The average Bonchev–Trinajstić information content (AvgIpc) is 2.29. The van der Waals surface area contributed by atoms with Crippen molar-refractivity contribution in [3.63, 3.8) is 0 Å². The fraction of sp³-hybridized carbons (Fsp3) is 0.417. The van der Waals surface area contributed by atoms with Crippen LogP contribution in [0, 0.1) is 0 Å². The number of carbonyl (C=O) groups excluding carboxylic acids is 1. The highest BCUT2D eigenvalue weighted by atomic mass is 35.5. The van der Waals surface area contributed by atoms with Gasteiger partial charge in [0.2, 0.25) is 0 Å². The molecule has 2 atom stereocenters. The number of aliphatic hydroxyl groups excluding tert-OH is 1. The van der Waals surface area contributed by atoms with Gasteiger partial charge < -0.3 is 15.2 Å². The second-order valence-corrected chi connectivity index (χ2v) is 4.77. The lowest BCUT2D eigenvalue weighted by molar-refractivity contribution is -0.127. The van der Waals surface area contributed by atoms with Crippen LogP contribution >= 0.6 is 23.2 Å². The van der Waals surface area contributed by atoms with Gasteiger partial charge in [-0.25, -0.2) is 0 Å². The van der Waals surface area contributed by atoms with E-state index < -0.39 is 12.2 Å². The zero-order chi connectivity index (χ0) is 13.7. The summed E-state index contributed by atoms with van der Waals surface area (Å²) in [6.45, 7) is 3.37. The molecule has 0 aliphatic heterocycles. The van der Waals surface area contributed by atoms with Crippen LogP contribution in [0.5, 0.6) is 5.75 Å². The number of benzene rings is 1. The molecule has 6 heteroatoms. The van der Waals surface area contributed by atoms with E-state index in [-0.39, 0.29) is 12.5 Å². The summed E-state index contributed by atoms with van der Waals surface area (Å²) in [6, 6.07) is 4.77. The van der Waals surface area contributed by atoms with E-state index in [0.29, 0.717) is 15.8 Å². The van der Waals surface area contributed by atoms with Gasteiger partial charge in [-0.15, -0.1) is 0 Å².